The Balaban J connectivity index is 2.08. The summed E-state index contributed by atoms with van der Waals surface area (Å²) < 4.78 is 4.28. The van der Waals surface area contributed by atoms with Crippen LogP contribution >= 0.6 is 11.8 Å². The predicted molar refractivity (Wildman–Crippen MR) is 139 cm³/mol. The molecular formula is C27H42N2O5S. The van der Waals surface area contributed by atoms with Crippen LogP contribution in [0, 0.1) is 17.8 Å². The number of ether oxygens (including phenoxy) is 1. The number of hydrogen-bond donors (Lipinski definition) is 1. The van der Waals surface area contributed by atoms with Crippen LogP contribution in [0.2, 0.25) is 0 Å². The molecule has 3 aliphatic heterocycles. The molecule has 3 heterocycles. The second kappa shape index (κ2) is 11.1. The van der Waals surface area contributed by atoms with Crippen LogP contribution in [0.5, 0.6) is 0 Å². The van der Waals surface area contributed by atoms with E-state index in [1.54, 1.807) is 27.6 Å². The van der Waals surface area contributed by atoms with Gasteiger partial charge >= 0.3 is 5.97 Å². The third kappa shape index (κ3) is 4.68. The standard InChI is InChI=1S/C27H42N2O5S/c1-7-10-11-15-28(14-8-2)24(32)22-27-13-12-26(6,35-27)21(25(33)34-16-9-3)20(27)23(31)29(22)19(17-30)18(4)5/h8-9,18-22,30H,2-3,7,10-17H2,1,4-6H3/t19-,20-,21+,22?,26-,27?/m0/s1. The van der Waals surface area contributed by atoms with E-state index >= 15 is 0 Å². The smallest absolute Gasteiger partial charge is 0.311 e. The first kappa shape index (κ1) is 27.8. The Bertz CT molecular complexity index is 847. The minimum absolute atomic E-state index is 0.0497. The molecule has 196 valence electrons. The van der Waals surface area contributed by atoms with Gasteiger partial charge in [0, 0.05) is 17.8 Å². The number of esters is 1. The van der Waals surface area contributed by atoms with Crippen LogP contribution in [0.1, 0.15) is 59.8 Å². The molecule has 0 aliphatic carbocycles. The van der Waals surface area contributed by atoms with Crippen molar-refractivity contribution in [3.63, 3.8) is 0 Å². The fraction of sp³-hybridized carbons (Fsp3) is 0.741. The Morgan fingerprint density at radius 1 is 1.29 bits per heavy atom. The van der Waals surface area contributed by atoms with Crippen LogP contribution in [0.3, 0.4) is 0 Å². The van der Waals surface area contributed by atoms with Crippen LogP contribution in [-0.4, -0.2) is 80.6 Å². The second-order valence-corrected chi connectivity index (χ2v) is 12.6. The largest absolute Gasteiger partial charge is 0.461 e. The number of amides is 2. The molecule has 0 aromatic rings. The maximum absolute atomic E-state index is 14.3. The lowest BCUT2D eigenvalue weighted by Crippen LogP contribution is -2.58. The van der Waals surface area contributed by atoms with Crippen LogP contribution in [0.25, 0.3) is 0 Å². The van der Waals surface area contributed by atoms with Crippen molar-refractivity contribution < 1.29 is 24.2 Å². The summed E-state index contributed by atoms with van der Waals surface area (Å²) in [6, 6.07) is -1.24. The number of thioether (sulfide) groups is 1. The zero-order chi connectivity index (χ0) is 26.0. The van der Waals surface area contributed by atoms with Crippen molar-refractivity contribution in [2.24, 2.45) is 17.8 Å². The molecule has 3 rings (SSSR count). The topological polar surface area (TPSA) is 87.1 Å². The maximum Gasteiger partial charge on any atom is 0.311 e. The highest BCUT2D eigenvalue weighted by Gasteiger charge is 2.78. The molecule has 8 heteroatoms. The van der Waals surface area contributed by atoms with E-state index in [-0.39, 0.29) is 30.9 Å². The highest BCUT2D eigenvalue weighted by molar-refractivity contribution is 8.02. The van der Waals surface area contributed by atoms with Crippen molar-refractivity contribution in [2.45, 2.75) is 81.4 Å². The van der Waals surface area contributed by atoms with Crippen LogP contribution in [-0.2, 0) is 19.1 Å². The lowest BCUT2D eigenvalue weighted by Gasteiger charge is -2.40. The van der Waals surface area contributed by atoms with Crippen molar-refractivity contribution in [3.05, 3.63) is 25.3 Å². The number of aliphatic hydroxyl groups excluding tert-OH is 1. The highest BCUT2D eigenvalue weighted by atomic mass is 32.2. The number of nitrogens with zero attached hydrogens (tertiary/aromatic N) is 2. The van der Waals surface area contributed by atoms with Gasteiger partial charge in [-0.1, -0.05) is 52.3 Å². The average molecular weight is 507 g/mol. The molecule has 3 saturated heterocycles. The van der Waals surface area contributed by atoms with E-state index in [1.807, 2.05) is 20.8 Å². The fourth-order valence-electron chi connectivity index (χ4n) is 6.38. The number of likely N-dealkylation sites (tertiary alicyclic amines) is 1. The molecule has 1 N–H and O–H groups in total. The number of fused-ring (bicyclic) bond motifs is 1. The number of rotatable bonds is 13. The third-order valence-electron chi connectivity index (χ3n) is 8.05. The third-order valence-corrected chi connectivity index (χ3v) is 10.0. The molecule has 1 spiro atoms. The first-order valence-corrected chi connectivity index (χ1v) is 13.8. The number of hydrogen-bond acceptors (Lipinski definition) is 6. The monoisotopic (exact) mass is 506 g/mol. The van der Waals surface area contributed by atoms with Crippen molar-refractivity contribution >= 4 is 29.5 Å². The van der Waals surface area contributed by atoms with Crippen molar-refractivity contribution in [2.75, 3.05) is 26.3 Å². The van der Waals surface area contributed by atoms with Crippen molar-refractivity contribution in [1.82, 2.24) is 9.80 Å². The Kier molecular flexibility index (Phi) is 8.79. The summed E-state index contributed by atoms with van der Waals surface area (Å²) in [6.45, 7) is 16.4. The van der Waals surface area contributed by atoms with E-state index in [9.17, 15) is 19.5 Å². The van der Waals surface area contributed by atoms with Gasteiger partial charge in [0.05, 0.1) is 29.2 Å². The number of aliphatic hydroxyl groups is 1. The minimum atomic E-state index is -0.731. The van der Waals surface area contributed by atoms with Gasteiger partial charge in [0.2, 0.25) is 11.8 Å². The molecule has 2 bridgehead atoms. The summed E-state index contributed by atoms with van der Waals surface area (Å²) in [5.41, 5.74) is 0. The lowest BCUT2D eigenvalue weighted by molar-refractivity contribution is -0.155. The Labute approximate surface area is 214 Å². The van der Waals surface area contributed by atoms with Gasteiger partial charge in [-0.15, -0.1) is 18.3 Å². The van der Waals surface area contributed by atoms with E-state index in [0.717, 1.165) is 25.7 Å². The van der Waals surface area contributed by atoms with Gasteiger partial charge in [-0.25, -0.2) is 0 Å². The summed E-state index contributed by atoms with van der Waals surface area (Å²) >= 11 is 1.63. The fourth-order valence-corrected chi connectivity index (χ4v) is 8.71. The summed E-state index contributed by atoms with van der Waals surface area (Å²) in [5, 5.41) is 10.3. The first-order valence-electron chi connectivity index (χ1n) is 12.9. The quantitative estimate of drug-likeness (QED) is 0.234. The summed E-state index contributed by atoms with van der Waals surface area (Å²) in [6.07, 6.45) is 7.58. The molecule has 35 heavy (non-hydrogen) atoms. The molecule has 3 fully saturated rings. The minimum Gasteiger partial charge on any atom is -0.461 e. The number of carbonyl (C=O) groups excluding carboxylic acids is 3. The van der Waals surface area contributed by atoms with Crippen LogP contribution in [0.15, 0.2) is 25.3 Å². The van der Waals surface area contributed by atoms with Gasteiger partial charge in [0.15, 0.2) is 0 Å². The molecule has 7 nitrogen and oxygen atoms in total. The molecule has 0 saturated carbocycles. The molecule has 3 aliphatic rings. The molecule has 6 atom stereocenters. The van der Waals surface area contributed by atoms with E-state index in [1.165, 1.54) is 6.08 Å². The molecule has 0 radical (unpaired) electrons. The van der Waals surface area contributed by atoms with Gasteiger partial charge in [-0.3, -0.25) is 14.4 Å². The predicted octanol–water partition coefficient (Wildman–Crippen LogP) is 3.42. The van der Waals surface area contributed by atoms with Gasteiger partial charge in [-0.05, 0) is 32.1 Å². The SMILES string of the molecule is C=CCOC(=O)[C@H]1[C@H]2C(=O)N([C@@H](CO)C(C)C)C(C(=O)N(CC=C)CCCCC)C23CC[C@]1(C)S3. The van der Waals surface area contributed by atoms with Crippen molar-refractivity contribution in [3.8, 4) is 0 Å². The summed E-state index contributed by atoms with van der Waals surface area (Å²) in [7, 11) is 0. The van der Waals surface area contributed by atoms with E-state index < -0.39 is 39.4 Å². The molecule has 0 aromatic heterocycles. The van der Waals surface area contributed by atoms with E-state index in [2.05, 4.69) is 20.1 Å². The Morgan fingerprint density at radius 3 is 2.57 bits per heavy atom. The molecule has 2 unspecified atom stereocenters. The maximum atomic E-state index is 14.3. The first-order chi connectivity index (χ1) is 16.6. The highest BCUT2D eigenvalue weighted by Crippen LogP contribution is 2.71. The van der Waals surface area contributed by atoms with Crippen molar-refractivity contribution in [1.29, 1.82) is 0 Å². The van der Waals surface area contributed by atoms with Gasteiger partial charge in [0.25, 0.3) is 0 Å². The lowest BCUT2D eigenvalue weighted by atomic mass is 9.66. The summed E-state index contributed by atoms with van der Waals surface area (Å²) in [4.78, 5) is 45.1. The Hall–Kier alpha value is -1.80. The number of unbranched alkanes of at least 4 members (excludes halogenated alkanes) is 2. The van der Waals surface area contributed by atoms with E-state index in [0.29, 0.717) is 19.5 Å². The zero-order valence-corrected chi connectivity index (χ0v) is 22.5. The molecular weight excluding hydrogens is 464 g/mol. The van der Waals surface area contributed by atoms with Crippen LogP contribution < -0.4 is 0 Å². The second-order valence-electron chi connectivity index (χ2n) is 10.7. The normalized spacial score (nSPS) is 32.0. The average Bonchev–Trinajstić information content (AvgIpc) is 3.38. The van der Waals surface area contributed by atoms with Gasteiger partial charge in [0.1, 0.15) is 12.6 Å². The molecule has 2 amide bonds. The number of carbonyl (C=O) groups is 3. The van der Waals surface area contributed by atoms with Gasteiger partial charge in [-0.2, -0.15) is 0 Å². The van der Waals surface area contributed by atoms with Crippen LogP contribution in [0.4, 0.5) is 0 Å². The molecule has 0 aromatic carbocycles. The van der Waals surface area contributed by atoms with E-state index in [4.69, 9.17) is 4.74 Å². The Morgan fingerprint density at radius 2 is 2.00 bits per heavy atom. The van der Waals surface area contributed by atoms with Gasteiger partial charge < -0.3 is 19.6 Å². The summed E-state index contributed by atoms with van der Waals surface area (Å²) in [5.74, 6) is -2.04. The zero-order valence-electron chi connectivity index (χ0n) is 21.7.